The van der Waals surface area contributed by atoms with Crippen LogP contribution in [0.3, 0.4) is 0 Å². The highest BCUT2D eigenvalue weighted by Crippen LogP contribution is 2.20. The molecule has 5 nitrogen and oxygen atoms in total. The van der Waals surface area contributed by atoms with Gasteiger partial charge >= 0.3 is 0 Å². The van der Waals surface area contributed by atoms with Crippen molar-refractivity contribution in [2.45, 2.75) is 45.3 Å². The van der Waals surface area contributed by atoms with E-state index in [1.54, 1.807) is 0 Å². The van der Waals surface area contributed by atoms with Crippen LogP contribution < -0.4 is 0 Å². The molecule has 0 unspecified atom stereocenters. The highest BCUT2D eigenvalue weighted by Gasteiger charge is 2.26. The fourth-order valence-corrected chi connectivity index (χ4v) is 4.24. The fraction of sp³-hybridized carbons (Fsp3) is 0.417. The number of hydrogen-bond donors (Lipinski definition) is 0. The lowest BCUT2D eigenvalue weighted by Gasteiger charge is -2.38. The smallest absolute Gasteiger partial charge is 0.253 e. The molecule has 5 heteroatoms. The predicted octanol–water partition coefficient (Wildman–Crippen LogP) is 4.03. The molecule has 0 bridgehead atoms. The number of nitrogens with zero attached hydrogens (tertiary/aromatic N) is 4. The first-order valence-electron chi connectivity index (χ1n) is 10.5. The van der Waals surface area contributed by atoms with Gasteiger partial charge < -0.3 is 14.4 Å². The van der Waals surface area contributed by atoms with E-state index in [1.165, 1.54) is 0 Å². The van der Waals surface area contributed by atoms with Gasteiger partial charge in [-0.1, -0.05) is 24.3 Å². The van der Waals surface area contributed by atoms with Crippen molar-refractivity contribution in [1.29, 1.82) is 0 Å². The standard InChI is InChI=1S/C24H30N4O/c1-18(2)27-14-12-21(13-15-27)26(3)24(29)20-10-8-19(9-11-20)16-28-17-25-22-6-4-5-7-23(22)28/h4-11,17-18,21H,12-16H2,1-3H3. The molecule has 3 aromatic rings. The van der Waals surface area contributed by atoms with E-state index < -0.39 is 0 Å². The largest absolute Gasteiger partial charge is 0.339 e. The number of carbonyl (C=O) groups excluding carboxylic acids is 1. The number of aromatic nitrogens is 2. The number of para-hydroxylation sites is 2. The maximum absolute atomic E-state index is 13.0. The van der Waals surface area contributed by atoms with Gasteiger partial charge in [-0.3, -0.25) is 4.79 Å². The van der Waals surface area contributed by atoms with Gasteiger partial charge in [0, 0.05) is 44.3 Å². The monoisotopic (exact) mass is 390 g/mol. The van der Waals surface area contributed by atoms with Gasteiger partial charge in [0.05, 0.1) is 17.4 Å². The third-order valence-electron chi connectivity index (χ3n) is 6.18. The number of piperidine rings is 1. The first-order valence-corrected chi connectivity index (χ1v) is 10.5. The minimum atomic E-state index is 0.118. The average Bonchev–Trinajstić information content (AvgIpc) is 3.16. The zero-order valence-electron chi connectivity index (χ0n) is 17.6. The molecule has 1 aliphatic rings. The third-order valence-corrected chi connectivity index (χ3v) is 6.18. The number of fused-ring (bicyclic) bond motifs is 1. The molecule has 152 valence electrons. The van der Waals surface area contributed by atoms with Crippen LogP contribution >= 0.6 is 0 Å². The van der Waals surface area contributed by atoms with Crippen molar-refractivity contribution in [2.24, 2.45) is 0 Å². The van der Waals surface area contributed by atoms with Crippen LogP contribution in [-0.4, -0.2) is 57.5 Å². The Morgan fingerprint density at radius 3 is 2.48 bits per heavy atom. The lowest BCUT2D eigenvalue weighted by atomic mass is 10.0. The van der Waals surface area contributed by atoms with Crippen molar-refractivity contribution in [3.05, 3.63) is 66.0 Å². The molecule has 2 aromatic carbocycles. The number of rotatable bonds is 5. The molecule has 0 aliphatic carbocycles. The van der Waals surface area contributed by atoms with Crippen LogP contribution in [0.4, 0.5) is 0 Å². The summed E-state index contributed by atoms with van der Waals surface area (Å²) in [5, 5.41) is 0. The van der Waals surface area contributed by atoms with E-state index in [1.807, 2.05) is 48.6 Å². The van der Waals surface area contributed by atoms with Crippen LogP contribution in [0.2, 0.25) is 0 Å². The van der Waals surface area contributed by atoms with E-state index in [-0.39, 0.29) is 5.91 Å². The molecular formula is C24H30N4O. The number of carbonyl (C=O) groups is 1. The molecule has 1 amide bonds. The van der Waals surface area contributed by atoms with Crippen LogP contribution in [0.1, 0.15) is 42.6 Å². The maximum atomic E-state index is 13.0. The summed E-state index contributed by atoms with van der Waals surface area (Å²) in [5.74, 6) is 0.118. The lowest BCUT2D eigenvalue weighted by Crippen LogP contribution is -2.47. The first kappa shape index (κ1) is 19.6. The molecule has 0 saturated carbocycles. The molecule has 1 aliphatic heterocycles. The molecule has 4 rings (SSSR count). The predicted molar refractivity (Wildman–Crippen MR) is 117 cm³/mol. The molecule has 0 atom stereocenters. The third kappa shape index (κ3) is 4.20. The van der Waals surface area contributed by atoms with Gasteiger partial charge in [-0.15, -0.1) is 0 Å². The molecule has 1 fully saturated rings. The van der Waals surface area contributed by atoms with E-state index in [2.05, 4.69) is 46.5 Å². The molecular weight excluding hydrogens is 360 g/mol. The van der Waals surface area contributed by atoms with Crippen molar-refractivity contribution in [2.75, 3.05) is 20.1 Å². The van der Waals surface area contributed by atoms with Crippen LogP contribution in [-0.2, 0) is 6.54 Å². The Morgan fingerprint density at radius 1 is 1.10 bits per heavy atom. The highest BCUT2D eigenvalue weighted by atomic mass is 16.2. The Bertz CT molecular complexity index is 968. The summed E-state index contributed by atoms with van der Waals surface area (Å²) in [5.41, 5.74) is 4.06. The second kappa shape index (κ2) is 8.37. The van der Waals surface area contributed by atoms with E-state index in [9.17, 15) is 4.79 Å². The van der Waals surface area contributed by atoms with E-state index >= 15 is 0 Å². The summed E-state index contributed by atoms with van der Waals surface area (Å²) < 4.78 is 2.14. The summed E-state index contributed by atoms with van der Waals surface area (Å²) in [7, 11) is 1.95. The SMILES string of the molecule is CC(C)N1CCC(N(C)C(=O)c2ccc(Cn3cnc4ccccc43)cc2)CC1. The van der Waals surface area contributed by atoms with E-state index in [0.29, 0.717) is 12.1 Å². The average molecular weight is 391 g/mol. The van der Waals surface area contributed by atoms with Gasteiger partial charge in [-0.05, 0) is 56.5 Å². The van der Waals surface area contributed by atoms with Crippen molar-refractivity contribution >= 4 is 16.9 Å². The minimum absolute atomic E-state index is 0.118. The summed E-state index contributed by atoms with van der Waals surface area (Å²) in [6, 6.07) is 17.1. The molecule has 0 N–H and O–H groups in total. The van der Waals surface area contributed by atoms with Crippen molar-refractivity contribution < 1.29 is 4.79 Å². The van der Waals surface area contributed by atoms with Crippen LogP contribution in [0.25, 0.3) is 11.0 Å². The Morgan fingerprint density at radius 2 is 1.79 bits per heavy atom. The maximum Gasteiger partial charge on any atom is 0.253 e. The molecule has 0 radical (unpaired) electrons. The Balaban J connectivity index is 1.40. The zero-order valence-corrected chi connectivity index (χ0v) is 17.6. The molecule has 2 heterocycles. The Kier molecular flexibility index (Phi) is 5.67. The Hall–Kier alpha value is -2.66. The molecule has 29 heavy (non-hydrogen) atoms. The van der Waals surface area contributed by atoms with Crippen LogP contribution in [0.15, 0.2) is 54.9 Å². The van der Waals surface area contributed by atoms with Gasteiger partial charge in [-0.2, -0.15) is 0 Å². The van der Waals surface area contributed by atoms with Crippen molar-refractivity contribution in [3.63, 3.8) is 0 Å². The number of benzene rings is 2. The fourth-order valence-electron chi connectivity index (χ4n) is 4.24. The zero-order chi connectivity index (χ0) is 20.4. The summed E-state index contributed by atoms with van der Waals surface area (Å²) >= 11 is 0. The normalized spacial score (nSPS) is 15.9. The van der Waals surface area contributed by atoms with Crippen molar-refractivity contribution in [3.8, 4) is 0 Å². The topological polar surface area (TPSA) is 41.4 Å². The second-order valence-corrected chi connectivity index (χ2v) is 8.34. The summed E-state index contributed by atoms with van der Waals surface area (Å²) in [6.45, 7) is 7.36. The number of hydrogen-bond acceptors (Lipinski definition) is 3. The van der Waals surface area contributed by atoms with Crippen LogP contribution in [0.5, 0.6) is 0 Å². The summed E-state index contributed by atoms with van der Waals surface area (Å²) in [6.07, 6.45) is 3.97. The summed E-state index contributed by atoms with van der Waals surface area (Å²) in [4.78, 5) is 21.8. The number of likely N-dealkylation sites (tertiary alicyclic amines) is 1. The number of amides is 1. The molecule has 1 saturated heterocycles. The second-order valence-electron chi connectivity index (χ2n) is 8.34. The van der Waals surface area contributed by atoms with Gasteiger partial charge in [0.1, 0.15) is 0 Å². The molecule has 0 spiro atoms. The van der Waals surface area contributed by atoms with E-state index in [0.717, 1.165) is 54.6 Å². The Labute approximate surface area is 172 Å². The van der Waals surface area contributed by atoms with E-state index in [4.69, 9.17) is 0 Å². The number of imidazole rings is 1. The minimum Gasteiger partial charge on any atom is -0.339 e. The highest BCUT2D eigenvalue weighted by molar-refractivity contribution is 5.94. The van der Waals surface area contributed by atoms with Crippen molar-refractivity contribution in [1.82, 2.24) is 19.4 Å². The van der Waals surface area contributed by atoms with Gasteiger partial charge in [-0.25, -0.2) is 4.98 Å². The van der Waals surface area contributed by atoms with Gasteiger partial charge in [0.15, 0.2) is 0 Å². The van der Waals surface area contributed by atoms with Crippen LogP contribution in [0, 0.1) is 0 Å². The van der Waals surface area contributed by atoms with Gasteiger partial charge in [0.2, 0.25) is 0 Å². The van der Waals surface area contributed by atoms with Gasteiger partial charge in [0.25, 0.3) is 5.91 Å². The first-order chi connectivity index (χ1) is 14.0. The quantitative estimate of drug-likeness (QED) is 0.660. The molecule has 1 aromatic heterocycles. The lowest BCUT2D eigenvalue weighted by molar-refractivity contribution is 0.0615.